The number of benzene rings is 1. The summed E-state index contributed by atoms with van der Waals surface area (Å²) in [6.45, 7) is 3.52. The standard InChI is InChI=1S/C13H11ClN2O3/c1-8-5-9(2)12(7-11(8)16(17)18)19-10-3-4-15-13(14)6-10/h3-7H,1-2H3. The highest BCUT2D eigenvalue weighted by atomic mass is 35.5. The van der Waals surface area contributed by atoms with Crippen molar-refractivity contribution in [3.63, 3.8) is 0 Å². The Morgan fingerprint density at radius 2 is 2.00 bits per heavy atom. The minimum Gasteiger partial charge on any atom is -0.457 e. The van der Waals surface area contributed by atoms with Gasteiger partial charge in [-0.05, 0) is 31.5 Å². The number of nitro benzene ring substituents is 1. The van der Waals surface area contributed by atoms with Gasteiger partial charge in [-0.25, -0.2) is 4.98 Å². The molecule has 0 N–H and O–H groups in total. The van der Waals surface area contributed by atoms with Crippen molar-refractivity contribution in [3.05, 3.63) is 56.9 Å². The van der Waals surface area contributed by atoms with Crippen LogP contribution in [0.2, 0.25) is 5.15 Å². The zero-order valence-electron chi connectivity index (χ0n) is 10.4. The average Bonchev–Trinajstić information content (AvgIpc) is 2.32. The lowest BCUT2D eigenvalue weighted by Gasteiger charge is -2.09. The molecule has 0 aliphatic heterocycles. The molecule has 0 fully saturated rings. The summed E-state index contributed by atoms with van der Waals surface area (Å²) in [4.78, 5) is 14.3. The van der Waals surface area contributed by atoms with Crippen molar-refractivity contribution in [2.24, 2.45) is 0 Å². The molecule has 98 valence electrons. The van der Waals surface area contributed by atoms with Crippen molar-refractivity contribution >= 4 is 17.3 Å². The number of halogens is 1. The van der Waals surface area contributed by atoms with Crippen LogP contribution in [0.15, 0.2) is 30.5 Å². The van der Waals surface area contributed by atoms with Gasteiger partial charge in [-0.2, -0.15) is 0 Å². The molecule has 0 amide bonds. The largest absolute Gasteiger partial charge is 0.457 e. The van der Waals surface area contributed by atoms with Gasteiger partial charge in [0.25, 0.3) is 5.69 Å². The average molecular weight is 279 g/mol. The van der Waals surface area contributed by atoms with Crippen LogP contribution in [0, 0.1) is 24.0 Å². The molecule has 0 radical (unpaired) electrons. The molecule has 0 aliphatic rings. The molecule has 1 heterocycles. The Morgan fingerprint density at radius 3 is 2.63 bits per heavy atom. The summed E-state index contributed by atoms with van der Waals surface area (Å²) in [5, 5.41) is 11.2. The fourth-order valence-corrected chi connectivity index (χ4v) is 1.87. The van der Waals surface area contributed by atoms with E-state index < -0.39 is 4.92 Å². The van der Waals surface area contributed by atoms with E-state index in [4.69, 9.17) is 16.3 Å². The van der Waals surface area contributed by atoms with Crippen molar-refractivity contribution in [1.29, 1.82) is 0 Å². The third kappa shape index (κ3) is 3.00. The van der Waals surface area contributed by atoms with Crippen LogP contribution in [0.5, 0.6) is 11.5 Å². The summed E-state index contributed by atoms with van der Waals surface area (Å²) >= 11 is 5.76. The van der Waals surface area contributed by atoms with Crippen LogP contribution < -0.4 is 4.74 Å². The molecule has 0 saturated heterocycles. The van der Waals surface area contributed by atoms with E-state index in [1.165, 1.54) is 12.3 Å². The number of hydrogen-bond donors (Lipinski definition) is 0. The predicted molar refractivity (Wildman–Crippen MR) is 71.9 cm³/mol. The van der Waals surface area contributed by atoms with Crippen LogP contribution in [-0.2, 0) is 0 Å². The van der Waals surface area contributed by atoms with Gasteiger partial charge in [0.1, 0.15) is 16.7 Å². The number of nitro groups is 1. The third-order valence-electron chi connectivity index (χ3n) is 2.62. The first kappa shape index (κ1) is 13.3. The van der Waals surface area contributed by atoms with E-state index in [1.807, 2.05) is 6.92 Å². The van der Waals surface area contributed by atoms with Crippen LogP contribution in [0.3, 0.4) is 0 Å². The Kier molecular flexibility index (Phi) is 3.66. The van der Waals surface area contributed by atoms with Gasteiger partial charge in [0.2, 0.25) is 0 Å². The van der Waals surface area contributed by atoms with E-state index in [1.54, 1.807) is 25.1 Å². The normalized spacial score (nSPS) is 10.3. The van der Waals surface area contributed by atoms with Crippen molar-refractivity contribution in [3.8, 4) is 11.5 Å². The van der Waals surface area contributed by atoms with Gasteiger partial charge in [-0.15, -0.1) is 0 Å². The molecule has 6 heteroatoms. The van der Waals surface area contributed by atoms with Crippen LogP contribution in [0.1, 0.15) is 11.1 Å². The van der Waals surface area contributed by atoms with Crippen LogP contribution in [0.25, 0.3) is 0 Å². The minimum absolute atomic E-state index is 0.0285. The molecule has 0 bridgehead atoms. The van der Waals surface area contributed by atoms with E-state index >= 15 is 0 Å². The Hall–Kier alpha value is -2.14. The summed E-state index contributed by atoms with van der Waals surface area (Å²) in [6.07, 6.45) is 1.51. The lowest BCUT2D eigenvalue weighted by molar-refractivity contribution is -0.385. The van der Waals surface area contributed by atoms with E-state index in [0.29, 0.717) is 22.2 Å². The molecule has 0 saturated carbocycles. The number of nitrogens with zero attached hydrogens (tertiary/aromatic N) is 2. The molecule has 19 heavy (non-hydrogen) atoms. The Balaban J connectivity index is 2.40. The minimum atomic E-state index is -0.429. The fraction of sp³-hybridized carbons (Fsp3) is 0.154. The van der Waals surface area contributed by atoms with E-state index in [0.717, 1.165) is 5.56 Å². The number of aryl methyl sites for hydroxylation is 2. The maximum atomic E-state index is 10.9. The van der Waals surface area contributed by atoms with E-state index in [-0.39, 0.29) is 5.69 Å². The van der Waals surface area contributed by atoms with Crippen LogP contribution in [0.4, 0.5) is 5.69 Å². The molecular formula is C13H11ClN2O3. The Bertz CT molecular complexity index is 644. The predicted octanol–water partition coefficient (Wildman–Crippen LogP) is 4.05. The SMILES string of the molecule is Cc1cc(C)c([N+](=O)[O-])cc1Oc1ccnc(Cl)c1. The second-order valence-corrected chi connectivity index (χ2v) is 4.46. The molecule has 1 aromatic heterocycles. The molecule has 1 aromatic carbocycles. The van der Waals surface area contributed by atoms with Gasteiger partial charge in [0, 0.05) is 17.8 Å². The quantitative estimate of drug-likeness (QED) is 0.482. The number of aromatic nitrogens is 1. The topological polar surface area (TPSA) is 65.3 Å². The molecule has 5 nitrogen and oxygen atoms in total. The van der Waals surface area contributed by atoms with Crippen molar-refractivity contribution in [1.82, 2.24) is 4.98 Å². The van der Waals surface area contributed by atoms with Gasteiger partial charge in [-0.1, -0.05) is 11.6 Å². The van der Waals surface area contributed by atoms with Gasteiger partial charge < -0.3 is 4.74 Å². The van der Waals surface area contributed by atoms with Crippen LogP contribution >= 0.6 is 11.6 Å². The van der Waals surface area contributed by atoms with Crippen molar-refractivity contribution < 1.29 is 9.66 Å². The third-order valence-corrected chi connectivity index (χ3v) is 2.82. The number of ether oxygens (including phenoxy) is 1. The smallest absolute Gasteiger partial charge is 0.276 e. The zero-order chi connectivity index (χ0) is 14.0. The highest BCUT2D eigenvalue weighted by Crippen LogP contribution is 2.31. The van der Waals surface area contributed by atoms with E-state index in [9.17, 15) is 10.1 Å². The first-order chi connectivity index (χ1) is 8.97. The number of rotatable bonds is 3. The molecule has 2 aromatic rings. The van der Waals surface area contributed by atoms with Gasteiger partial charge >= 0.3 is 0 Å². The van der Waals surface area contributed by atoms with Crippen LogP contribution in [-0.4, -0.2) is 9.91 Å². The lowest BCUT2D eigenvalue weighted by Crippen LogP contribution is -1.95. The summed E-state index contributed by atoms with van der Waals surface area (Å²) < 4.78 is 5.61. The summed E-state index contributed by atoms with van der Waals surface area (Å²) in [5.41, 5.74) is 1.44. The number of hydrogen-bond acceptors (Lipinski definition) is 4. The summed E-state index contributed by atoms with van der Waals surface area (Å²) in [5.74, 6) is 0.917. The maximum absolute atomic E-state index is 10.9. The highest BCUT2D eigenvalue weighted by molar-refractivity contribution is 6.29. The molecule has 2 rings (SSSR count). The highest BCUT2D eigenvalue weighted by Gasteiger charge is 2.15. The Morgan fingerprint density at radius 1 is 1.26 bits per heavy atom. The van der Waals surface area contributed by atoms with Gasteiger partial charge in [0.05, 0.1) is 11.0 Å². The lowest BCUT2D eigenvalue weighted by atomic mass is 10.1. The summed E-state index contributed by atoms with van der Waals surface area (Å²) in [7, 11) is 0. The molecule has 0 atom stereocenters. The number of pyridine rings is 1. The van der Waals surface area contributed by atoms with Gasteiger partial charge in [-0.3, -0.25) is 10.1 Å². The molecular weight excluding hydrogens is 268 g/mol. The van der Waals surface area contributed by atoms with E-state index in [2.05, 4.69) is 4.98 Å². The first-order valence-corrected chi connectivity index (χ1v) is 5.90. The molecule has 0 spiro atoms. The second-order valence-electron chi connectivity index (χ2n) is 4.08. The Labute approximate surface area is 115 Å². The first-order valence-electron chi connectivity index (χ1n) is 5.52. The maximum Gasteiger partial charge on any atom is 0.276 e. The van der Waals surface area contributed by atoms with Crippen molar-refractivity contribution in [2.75, 3.05) is 0 Å². The fourth-order valence-electron chi connectivity index (χ4n) is 1.70. The zero-order valence-corrected chi connectivity index (χ0v) is 11.1. The summed E-state index contributed by atoms with van der Waals surface area (Å²) in [6, 6.07) is 6.32. The van der Waals surface area contributed by atoms with Gasteiger partial charge in [0.15, 0.2) is 0 Å². The second kappa shape index (κ2) is 5.24. The van der Waals surface area contributed by atoms with Crippen molar-refractivity contribution in [2.45, 2.75) is 13.8 Å². The monoisotopic (exact) mass is 278 g/mol. The molecule has 0 aliphatic carbocycles. The molecule has 0 unspecified atom stereocenters.